The first-order valence-corrected chi connectivity index (χ1v) is 10.5. The second kappa shape index (κ2) is 11.7. The molecule has 0 unspecified atom stereocenters. The Kier molecular flexibility index (Phi) is 8.97. The Morgan fingerprint density at radius 3 is 2.09 bits per heavy atom. The molecule has 33 heavy (non-hydrogen) atoms. The van der Waals surface area contributed by atoms with Gasteiger partial charge in [-0.25, -0.2) is 9.59 Å². The molecule has 9 heteroatoms. The topological polar surface area (TPSA) is 134 Å². The van der Waals surface area contributed by atoms with Crippen molar-refractivity contribution in [2.24, 2.45) is 11.7 Å². The lowest BCUT2D eigenvalue weighted by molar-refractivity contribution is -0.130. The third-order valence-corrected chi connectivity index (χ3v) is 4.54. The number of carbonyl (C=O) groups is 4. The fourth-order valence-corrected chi connectivity index (χ4v) is 3.07. The summed E-state index contributed by atoms with van der Waals surface area (Å²) in [6.45, 7) is 7.75. The smallest absolute Gasteiger partial charge is 0.339 e. The van der Waals surface area contributed by atoms with E-state index in [1.54, 1.807) is 44.2 Å². The van der Waals surface area contributed by atoms with E-state index in [2.05, 4.69) is 0 Å². The standard InChI is InChI=1S/C24H28N2O7/c1-5-31-18-12-11-15(13-19(18)32-6-2)20(27)16-9-7-8-10-17(16)23(29)33-21(14(3)4)22(28)26-24(25)30/h7-14,21H,5-6H2,1-4H3,(H3,25,26,28,30)/t21-/m1/s1. The van der Waals surface area contributed by atoms with Crippen molar-refractivity contribution < 1.29 is 33.4 Å². The molecule has 3 N–H and O–H groups in total. The van der Waals surface area contributed by atoms with Gasteiger partial charge < -0.3 is 19.9 Å². The van der Waals surface area contributed by atoms with Crippen LogP contribution >= 0.6 is 0 Å². The van der Waals surface area contributed by atoms with Gasteiger partial charge in [-0.3, -0.25) is 14.9 Å². The zero-order chi connectivity index (χ0) is 24.5. The number of amides is 3. The highest BCUT2D eigenvalue weighted by Crippen LogP contribution is 2.30. The SMILES string of the molecule is CCOc1ccc(C(=O)c2ccccc2C(=O)O[C@@H](C(=O)NC(N)=O)C(C)C)cc1OCC. The monoisotopic (exact) mass is 456 g/mol. The highest BCUT2D eigenvalue weighted by atomic mass is 16.5. The molecule has 0 fully saturated rings. The van der Waals surface area contributed by atoms with E-state index >= 15 is 0 Å². The van der Waals surface area contributed by atoms with Crippen molar-refractivity contribution in [3.8, 4) is 11.5 Å². The average Bonchev–Trinajstić information content (AvgIpc) is 2.77. The highest BCUT2D eigenvalue weighted by molar-refractivity contribution is 6.15. The van der Waals surface area contributed by atoms with Crippen LogP contribution in [0.3, 0.4) is 0 Å². The lowest BCUT2D eigenvalue weighted by atomic mass is 9.98. The lowest BCUT2D eigenvalue weighted by Gasteiger charge is -2.20. The van der Waals surface area contributed by atoms with Gasteiger partial charge in [0.2, 0.25) is 0 Å². The zero-order valence-electron chi connectivity index (χ0n) is 19.0. The molecule has 0 aliphatic carbocycles. The molecule has 2 aromatic rings. The summed E-state index contributed by atoms with van der Waals surface area (Å²) in [4.78, 5) is 49.4. The van der Waals surface area contributed by atoms with Gasteiger partial charge in [-0.05, 0) is 44.0 Å². The summed E-state index contributed by atoms with van der Waals surface area (Å²) in [5.74, 6) is -1.70. The molecular weight excluding hydrogens is 428 g/mol. The van der Waals surface area contributed by atoms with Crippen LogP contribution < -0.4 is 20.5 Å². The van der Waals surface area contributed by atoms with Crippen LogP contribution in [0.1, 0.15) is 54.0 Å². The summed E-state index contributed by atoms with van der Waals surface area (Å²) in [7, 11) is 0. The van der Waals surface area contributed by atoms with Gasteiger partial charge in [0, 0.05) is 11.1 Å². The van der Waals surface area contributed by atoms with Crippen LogP contribution in [0.4, 0.5) is 4.79 Å². The normalized spacial score (nSPS) is 11.4. The van der Waals surface area contributed by atoms with Crippen LogP contribution in [0, 0.1) is 5.92 Å². The molecule has 0 radical (unpaired) electrons. The van der Waals surface area contributed by atoms with Crippen molar-refractivity contribution in [3.63, 3.8) is 0 Å². The Morgan fingerprint density at radius 1 is 0.909 bits per heavy atom. The average molecular weight is 456 g/mol. The van der Waals surface area contributed by atoms with E-state index in [-0.39, 0.29) is 16.7 Å². The summed E-state index contributed by atoms with van der Waals surface area (Å²) in [5, 5.41) is 1.91. The maximum atomic E-state index is 13.3. The van der Waals surface area contributed by atoms with E-state index < -0.39 is 35.7 Å². The Morgan fingerprint density at radius 2 is 1.52 bits per heavy atom. The molecule has 2 rings (SSSR count). The summed E-state index contributed by atoms with van der Waals surface area (Å²) in [6.07, 6.45) is -1.27. The van der Waals surface area contributed by atoms with E-state index in [4.69, 9.17) is 19.9 Å². The maximum absolute atomic E-state index is 13.3. The van der Waals surface area contributed by atoms with Gasteiger partial charge in [0.1, 0.15) is 0 Å². The minimum atomic E-state index is -1.27. The molecule has 2 aromatic carbocycles. The predicted octanol–water partition coefficient (Wildman–Crippen LogP) is 3.09. The number of carbonyl (C=O) groups excluding carboxylic acids is 4. The maximum Gasteiger partial charge on any atom is 0.339 e. The number of ketones is 1. The summed E-state index contributed by atoms with van der Waals surface area (Å²) in [6, 6.07) is 9.81. The number of ether oxygens (including phenoxy) is 3. The molecular formula is C24H28N2O7. The number of hydrogen-bond acceptors (Lipinski definition) is 7. The Balaban J connectivity index is 2.37. The van der Waals surface area contributed by atoms with Crippen molar-refractivity contribution in [1.29, 1.82) is 0 Å². The molecule has 0 aliphatic heterocycles. The number of esters is 1. The van der Waals surface area contributed by atoms with Gasteiger partial charge in [0.05, 0.1) is 18.8 Å². The van der Waals surface area contributed by atoms with Crippen molar-refractivity contribution >= 4 is 23.7 Å². The van der Waals surface area contributed by atoms with Gasteiger partial charge in [0.15, 0.2) is 23.4 Å². The van der Waals surface area contributed by atoms with Crippen molar-refractivity contribution in [1.82, 2.24) is 5.32 Å². The van der Waals surface area contributed by atoms with Crippen LogP contribution in [-0.2, 0) is 9.53 Å². The largest absolute Gasteiger partial charge is 0.490 e. The summed E-state index contributed by atoms with van der Waals surface area (Å²) < 4.78 is 16.5. The second-order valence-corrected chi connectivity index (χ2v) is 7.33. The van der Waals surface area contributed by atoms with E-state index in [9.17, 15) is 19.2 Å². The van der Waals surface area contributed by atoms with Gasteiger partial charge in [-0.1, -0.05) is 32.0 Å². The number of imide groups is 1. The summed E-state index contributed by atoms with van der Waals surface area (Å²) >= 11 is 0. The Hall–Kier alpha value is -3.88. The molecule has 3 amide bonds. The predicted molar refractivity (Wildman–Crippen MR) is 120 cm³/mol. The van der Waals surface area contributed by atoms with Gasteiger partial charge in [-0.2, -0.15) is 0 Å². The number of urea groups is 1. The molecule has 0 aromatic heterocycles. The number of primary amides is 1. The molecule has 9 nitrogen and oxygen atoms in total. The highest BCUT2D eigenvalue weighted by Gasteiger charge is 2.29. The first kappa shape index (κ1) is 25.4. The third-order valence-electron chi connectivity index (χ3n) is 4.54. The Labute approximate surface area is 192 Å². The minimum absolute atomic E-state index is 0.0214. The number of hydrogen-bond donors (Lipinski definition) is 2. The van der Waals surface area contributed by atoms with Crippen molar-refractivity contribution in [3.05, 3.63) is 59.2 Å². The number of rotatable bonds is 10. The lowest BCUT2D eigenvalue weighted by Crippen LogP contribution is -2.45. The van der Waals surface area contributed by atoms with E-state index in [0.717, 1.165) is 0 Å². The fraction of sp³-hybridized carbons (Fsp3) is 0.333. The van der Waals surface area contributed by atoms with Gasteiger partial charge in [-0.15, -0.1) is 0 Å². The van der Waals surface area contributed by atoms with Crippen LogP contribution in [0.15, 0.2) is 42.5 Å². The first-order chi connectivity index (χ1) is 15.7. The third kappa shape index (κ3) is 6.55. The van der Waals surface area contributed by atoms with Crippen LogP contribution in [0.25, 0.3) is 0 Å². The van der Waals surface area contributed by atoms with Crippen LogP contribution in [0.5, 0.6) is 11.5 Å². The second-order valence-electron chi connectivity index (χ2n) is 7.33. The van der Waals surface area contributed by atoms with Crippen LogP contribution in [-0.4, -0.2) is 43.0 Å². The molecule has 0 saturated heterocycles. The quantitative estimate of drug-likeness (QED) is 0.414. The number of benzene rings is 2. The van der Waals surface area contributed by atoms with Gasteiger partial charge in [0.25, 0.3) is 5.91 Å². The molecule has 0 aliphatic rings. The van der Waals surface area contributed by atoms with E-state index in [1.165, 1.54) is 12.1 Å². The Bertz CT molecular complexity index is 1030. The molecule has 0 saturated carbocycles. The number of nitrogens with two attached hydrogens (primary N) is 1. The summed E-state index contributed by atoms with van der Waals surface area (Å²) in [5.41, 5.74) is 5.34. The van der Waals surface area contributed by atoms with Crippen molar-refractivity contribution in [2.75, 3.05) is 13.2 Å². The van der Waals surface area contributed by atoms with E-state index in [0.29, 0.717) is 24.7 Å². The van der Waals surface area contributed by atoms with Gasteiger partial charge >= 0.3 is 12.0 Å². The molecule has 0 bridgehead atoms. The first-order valence-electron chi connectivity index (χ1n) is 10.5. The molecule has 176 valence electrons. The molecule has 1 atom stereocenters. The van der Waals surface area contributed by atoms with E-state index in [1.807, 2.05) is 19.2 Å². The zero-order valence-corrected chi connectivity index (χ0v) is 19.0. The molecule has 0 heterocycles. The molecule has 0 spiro atoms. The minimum Gasteiger partial charge on any atom is -0.490 e. The van der Waals surface area contributed by atoms with Crippen molar-refractivity contribution in [2.45, 2.75) is 33.8 Å². The number of nitrogens with one attached hydrogen (secondary N) is 1. The fourth-order valence-electron chi connectivity index (χ4n) is 3.07. The van der Waals surface area contributed by atoms with Crippen LogP contribution in [0.2, 0.25) is 0 Å².